The van der Waals surface area contributed by atoms with Crippen LogP contribution in [-0.2, 0) is 17.6 Å². The van der Waals surface area contributed by atoms with E-state index < -0.39 is 0 Å². The van der Waals surface area contributed by atoms with Crippen molar-refractivity contribution in [2.45, 2.75) is 25.8 Å². The van der Waals surface area contributed by atoms with Gasteiger partial charge >= 0.3 is 0 Å². The van der Waals surface area contributed by atoms with Gasteiger partial charge in [-0.15, -0.1) is 11.3 Å². The molecule has 0 unspecified atom stereocenters. The van der Waals surface area contributed by atoms with Gasteiger partial charge in [-0.2, -0.15) is 0 Å². The highest BCUT2D eigenvalue weighted by atomic mass is 32.1. The summed E-state index contributed by atoms with van der Waals surface area (Å²) in [6.07, 6.45) is 1.71. The van der Waals surface area contributed by atoms with Gasteiger partial charge in [-0.25, -0.2) is 0 Å². The Kier molecular flexibility index (Phi) is 5.68. The van der Waals surface area contributed by atoms with Crippen LogP contribution in [0.5, 0.6) is 0 Å². The number of thiophene rings is 1. The van der Waals surface area contributed by atoms with E-state index >= 15 is 0 Å². The summed E-state index contributed by atoms with van der Waals surface area (Å²) in [5.41, 5.74) is 5.12. The SMILES string of the molecule is Cc1ccc(N2CCN3c4ccccc4C[C@@H](C(=O)NCCc4cccs4)[C@H]3C2)cc1. The van der Waals surface area contributed by atoms with Gasteiger partial charge in [0.15, 0.2) is 0 Å². The van der Waals surface area contributed by atoms with Gasteiger partial charge in [0.25, 0.3) is 0 Å². The van der Waals surface area contributed by atoms with Gasteiger partial charge in [0, 0.05) is 42.4 Å². The molecule has 0 bridgehead atoms. The minimum Gasteiger partial charge on any atom is -0.368 e. The minimum atomic E-state index is -0.0357. The molecular weight excluding hydrogens is 402 g/mol. The van der Waals surface area contributed by atoms with Crippen molar-refractivity contribution in [3.63, 3.8) is 0 Å². The molecule has 1 N–H and O–H groups in total. The number of carbonyl (C=O) groups excluding carboxylic acids is 1. The Bertz CT molecular complexity index is 1030. The average molecular weight is 432 g/mol. The lowest BCUT2D eigenvalue weighted by Gasteiger charge is -2.49. The molecule has 31 heavy (non-hydrogen) atoms. The van der Waals surface area contributed by atoms with Gasteiger partial charge in [0.2, 0.25) is 5.91 Å². The number of anilines is 2. The van der Waals surface area contributed by atoms with Gasteiger partial charge in [-0.3, -0.25) is 4.79 Å². The third-order valence-corrected chi connectivity index (χ3v) is 7.55. The molecule has 1 aromatic heterocycles. The lowest BCUT2D eigenvalue weighted by atomic mass is 9.83. The number of piperazine rings is 1. The highest BCUT2D eigenvalue weighted by Crippen LogP contribution is 2.36. The van der Waals surface area contributed by atoms with Crippen LogP contribution in [0, 0.1) is 12.8 Å². The second kappa shape index (κ2) is 8.75. The fraction of sp³-hybridized carbons (Fsp3) is 0.346. The second-order valence-electron chi connectivity index (χ2n) is 8.60. The maximum absolute atomic E-state index is 13.3. The Balaban J connectivity index is 1.35. The molecule has 5 heteroatoms. The van der Waals surface area contributed by atoms with E-state index in [9.17, 15) is 4.79 Å². The highest BCUT2D eigenvalue weighted by molar-refractivity contribution is 7.09. The van der Waals surface area contributed by atoms with Crippen LogP contribution < -0.4 is 15.1 Å². The number of amides is 1. The van der Waals surface area contributed by atoms with E-state index in [0.29, 0.717) is 6.54 Å². The third-order valence-electron chi connectivity index (χ3n) is 6.61. The van der Waals surface area contributed by atoms with E-state index in [2.05, 4.69) is 88.1 Å². The molecule has 5 rings (SSSR count). The number of hydrogen-bond acceptors (Lipinski definition) is 4. The third kappa shape index (κ3) is 4.19. The summed E-state index contributed by atoms with van der Waals surface area (Å²) in [7, 11) is 0. The lowest BCUT2D eigenvalue weighted by Crippen LogP contribution is -2.61. The van der Waals surface area contributed by atoms with Crippen molar-refractivity contribution in [3.05, 3.63) is 82.0 Å². The van der Waals surface area contributed by atoms with Gasteiger partial charge in [0.1, 0.15) is 0 Å². The first-order chi connectivity index (χ1) is 15.2. The molecule has 0 radical (unpaired) electrons. The van der Waals surface area contributed by atoms with E-state index in [-0.39, 0.29) is 17.9 Å². The zero-order chi connectivity index (χ0) is 21.2. The van der Waals surface area contributed by atoms with Crippen LogP contribution in [0.1, 0.15) is 16.0 Å². The van der Waals surface area contributed by atoms with Crippen molar-refractivity contribution in [1.29, 1.82) is 0 Å². The predicted octanol–water partition coefficient (Wildman–Crippen LogP) is 4.28. The van der Waals surface area contributed by atoms with Crippen LogP contribution in [0.4, 0.5) is 11.4 Å². The fourth-order valence-electron chi connectivity index (χ4n) is 4.94. The van der Waals surface area contributed by atoms with E-state index in [0.717, 1.165) is 32.5 Å². The summed E-state index contributed by atoms with van der Waals surface area (Å²) in [6.45, 7) is 5.61. The summed E-state index contributed by atoms with van der Waals surface area (Å²) >= 11 is 1.75. The molecule has 2 aliphatic rings. The fourth-order valence-corrected chi connectivity index (χ4v) is 5.65. The van der Waals surface area contributed by atoms with Gasteiger partial charge in [-0.05, 0) is 55.0 Å². The molecule has 2 aliphatic heterocycles. The largest absolute Gasteiger partial charge is 0.368 e. The van der Waals surface area contributed by atoms with E-state index in [1.54, 1.807) is 11.3 Å². The number of benzene rings is 2. The van der Waals surface area contributed by atoms with Crippen molar-refractivity contribution in [3.8, 4) is 0 Å². The van der Waals surface area contributed by atoms with Crippen LogP contribution in [0.3, 0.4) is 0 Å². The van der Waals surface area contributed by atoms with Crippen molar-refractivity contribution in [2.75, 3.05) is 36.0 Å². The summed E-state index contributed by atoms with van der Waals surface area (Å²) in [5.74, 6) is 0.151. The maximum Gasteiger partial charge on any atom is 0.225 e. The Morgan fingerprint density at radius 1 is 1.06 bits per heavy atom. The Labute approximate surface area is 188 Å². The van der Waals surface area contributed by atoms with E-state index in [1.807, 2.05) is 0 Å². The van der Waals surface area contributed by atoms with Crippen LogP contribution in [-0.4, -0.2) is 38.1 Å². The Morgan fingerprint density at radius 3 is 2.71 bits per heavy atom. The Hall–Kier alpha value is -2.79. The number of nitrogens with zero attached hydrogens (tertiary/aromatic N) is 2. The molecule has 2 aromatic carbocycles. The zero-order valence-corrected chi connectivity index (χ0v) is 18.8. The first-order valence-corrected chi connectivity index (χ1v) is 12.0. The zero-order valence-electron chi connectivity index (χ0n) is 18.0. The standard InChI is InChI=1S/C26H29N3OS/c1-19-8-10-21(11-9-19)28-14-15-29-24-7-3-2-5-20(24)17-23(25(29)18-28)26(30)27-13-12-22-6-4-16-31-22/h2-11,16,23,25H,12-15,17-18H2,1H3,(H,27,30)/t23-,25-/m1/s1. The van der Waals surface area contributed by atoms with E-state index in [1.165, 1.54) is 27.4 Å². The molecule has 1 amide bonds. The molecule has 0 saturated carbocycles. The number of fused-ring (bicyclic) bond motifs is 3. The van der Waals surface area contributed by atoms with Crippen LogP contribution in [0.15, 0.2) is 66.0 Å². The van der Waals surface area contributed by atoms with Crippen molar-refractivity contribution >= 4 is 28.6 Å². The topological polar surface area (TPSA) is 35.6 Å². The van der Waals surface area contributed by atoms with Gasteiger partial charge in [-0.1, -0.05) is 42.0 Å². The number of carbonyl (C=O) groups is 1. The number of rotatable bonds is 5. The molecule has 0 spiro atoms. The molecule has 0 aliphatic carbocycles. The quantitative estimate of drug-likeness (QED) is 0.655. The van der Waals surface area contributed by atoms with Crippen LogP contribution in [0.2, 0.25) is 0 Å². The monoisotopic (exact) mass is 431 g/mol. The van der Waals surface area contributed by atoms with Crippen molar-refractivity contribution in [1.82, 2.24) is 5.32 Å². The molecule has 3 aromatic rings. The first-order valence-electron chi connectivity index (χ1n) is 11.2. The minimum absolute atomic E-state index is 0.0357. The van der Waals surface area contributed by atoms with Crippen LogP contribution >= 0.6 is 11.3 Å². The van der Waals surface area contributed by atoms with Gasteiger partial charge < -0.3 is 15.1 Å². The Morgan fingerprint density at radius 2 is 1.90 bits per heavy atom. The highest BCUT2D eigenvalue weighted by Gasteiger charge is 2.41. The van der Waals surface area contributed by atoms with E-state index in [4.69, 9.17) is 0 Å². The molecule has 1 saturated heterocycles. The van der Waals surface area contributed by atoms with Crippen molar-refractivity contribution < 1.29 is 4.79 Å². The number of hydrogen-bond donors (Lipinski definition) is 1. The number of aryl methyl sites for hydroxylation is 1. The predicted molar refractivity (Wildman–Crippen MR) is 129 cm³/mol. The average Bonchev–Trinajstić information content (AvgIpc) is 3.32. The second-order valence-corrected chi connectivity index (χ2v) is 9.63. The lowest BCUT2D eigenvalue weighted by molar-refractivity contribution is -0.125. The summed E-state index contributed by atoms with van der Waals surface area (Å²) < 4.78 is 0. The van der Waals surface area contributed by atoms with Gasteiger partial charge in [0.05, 0.1) is 12.0 Å². The normalized spacial score (nSPS) is 20.2. The van der Waals surface area contributed by atoms with Crippen LogP contribution in [0.25, 0.3) is 0 Å². The molecule has 1 fully saturated rings. The summed E-state index contributed by atoms with van der Waals surface area (Å²) in [5, 5.41) is 5.33. The molecule has 160 valence electrons. The molecular formula is C26H29N3OS. The number of para-hydroxylation sites is 1. The van der Waals surface area contributed by atoms with Crippen molar-refractivity contribution in [2.24, 2.45) is 5.92 Å². The maximum atomic E-state index is 13.3. The summed E-state index contributed by atoms with van der Waals surface area (Å²) in [6, 6.07) is 21.8. The molecule has 4 nitrogen and oxygen atoms in total. The molecule has 3 heterocycles. The smallest absolute Gasteiger partial charge is 0.225 e. The molecule has 2 atom stereocenters. The summed E-state index contributed by atoms with van der Waals surface area (Å²) in [4.78, 5) is 19.6. The first kappa shape index (κ1) is 20.1. The number of nitrogens with one attached hydrogen (secondary N) is 1.